The van der Waals surface area contributed by atoms with Gasteiger partial charge < -0.3 is 0 Å². The second-order valence-corrected chi connectivity index (χ2v) is 9.21. The quantitative estimate of drug-likeness (QED) is 0.238. The van der Waals surface area contributed by atoms with Crippen LogP contribution in [0.25, 0.3) is 33.0 Å². The second-order valence-electron chi connectivity index (χ2n) is 9.21. The third-order valence-corrected chi connectivity index (χ3v) is 6.66. The molecule has 4 aromatic carbocycles. The lowest BCUT2D eigenvalue weighted by Gasteiger charge is -2.12. The van der Waals surface area contributed by atoms with Crippen molar-refractivity contribution in [2.24, 2.45) is 0 Å². The van der Waals surface area contributed by atoms with Gasteiger partial charge in [-0.15, -0.1) is 0 Å². The Balaban J connectivity index is 1.43. The van der Waals surface area contributed by atoms with Gasteiger partial charge in [0.2, 0.25) is 0 Å². The van der Waals surface area contributed by atoms with E-state index < -0.39 is 0 Å². The molecule has 36 heavy (non-hydrogen) atoms. The maximum Gasteiger partial charge on any atom is 0.176 e. The van der Waals surface area contributed by atoms with Crippen molar-refractivity contribution in [1.82, 2.24) is 0 Å². The van der Waals surface area contributed by atoms with Crippen molar-refractivity contribution in [2.75, 3.05) is 0 Å². The van der Waals surface area contributed by atoms with Crippen LogP contribution in [-0.2, 0) is 13.1 Å². The van der Waals surface area contributed by atoms with Crippen molar-refractivity contribution >= 4 is 10.8 Å². The molecule has 0 saturated heterocycles. The van der Waals surface area contributed by atoms with Gasteiger partial charge in [0.15, 0.2) is 37.9 Å². The molecule has 0 spiro atoms. The van der Waals surface area contributed by atoms with Crippen LogP contribution in [0.3, 0.4) is 0 Å². The van der Waals surface area contributed by atoms with Gasteiger partial charge in [0.1, 0.15) is 0 Å². The highest BCUT2D eigenvalue weighted by atomic mass is 14.9. The van der Waals surface area contributed by atoms with Gasteiger partial charge in [0.25, 0.3) is 0 Å². The summed E-state index contributed by atoms with van der Waals surface area (Å²) in [6.07, 6.45) is 8.82. The Bertz CT molecular complexity index is 1500. The van der Waals surface area contributed by atoms with Crippen LogP contribution < -0.4 is 9.13 Å². The topological polar surface area (TPSA) is 7.76 Å². The molecular formula is C34H28N2+2. The van der Waals surface area contributed by atoms with Gasteiger partial charge in [-0.3, -0.25) is 0 Å². The maximum atomic E-state index is 2.27. The average Bonchev–Trinajstić information content (AvgIpc) is 2.94. The van der Waals surface area contributed by atoms with Crippen LogP contribution in [0.15, 0.2) is 146 Å². The van der Waals surface area contributed by atoms with Crippen molar-refractivity contribution in [3.63, 3.8) is 0 Å². The number of hydrogen-bond donors (Lipinski definition) is 0. The third kappa shape index (κ3) is 4.67. The van der Waals surface area contributed by atoms with E-state index in [9.17, 15) is 0 Å². The van der Waals surface area contributed by atoms with Gasteiger partial charge in [0.05, 0.1) is 0 Å². The SMILES string of the molecule is c1ccc(C[n+]2cccc(-c3cccc4cccc(-c5ccc[n+](Cc6ccccc6)c5)c34)c2)cc1. The lowest BCUT2D eigenvalue weighted by molar-refractivity contribution is -0.688. The number of rotatable bonds is 6. The minimum Gasteiger partial charge on any atom is -0.200 e. The number of nitrogens with zero attached hydrogens (tertiary/aromatic N) is 2. The van der Waals surface area contributed by atoms with Gasteiger partial charge in [-0.05, 0) is 34.0 Å². The van der Waals surface area contributed by atoms with E-state index in [0.717, 1.165) is 13.1 Å². The Kier molecular flexibility index (Phi) is 6.08. The van der Waals surface area contributed by atoms with Gasteiger partial charge in [-0.1, -0.05) is 97.1 Å². The molecule has 0 aliphatic heterocycles. The number of fused-ring (bicyclic) bond motifs is 1. The molecule has 0 radical (unpaired) electrons. The molecular weight excluding hydrogens is 436 g/mol. The molecule has 0 amide bonds. The molecule has 0 aliphatic carbocycles. The summed E-state index contributed by atoms with van der Waals surface area (Å²) in [5.74, 6) is 0. The molecule has 0 N–H and O–H groups in total. The monoisotopic (exact) mass is 464 g/mol. The van der Waals surface area contributed by atoms with Crippen LogP contribution >= 0.6 is 0 Å². The normalized spacial score (nSPS) is 11.0. The summed E-state index contributed by atoms with van der Waals surface area (Å²) in [5, 5.41) is 2.54. The standard InChI is InChI=1S/C34H28N2/c1-3-11-27(12-4-1)23-35-21-9-17-30(25-35)32-19-7-15-29-16-8-20-33(34(29)32)31-18-10-22-36(26-31)24-28-13-5-2-6-14-28/h1-22,25-26H,23-24H2/q+2. The Morgan fingerprint density at radius 1 is 0.417 bits per heavy atom. The molecule has 0 bridgehead atoms. The van der Waals surface area contributed by atoms with E-state index >= 15 is 0 Å². The van der Waals surface area contributed by atoms with E-state index in [4.69, 9.17) is 0 Å². The lowest BCUT2D eigenvalue weighted by Crippen LogP contribution is -2.33. The number of benzene rings is 4. The summed E-state index contributed by atoms with van der Waals surface area (Å²) in [6, 6.07) is 43.2. The molecule has 0 aliphatic rings. The van der Waals surface area contributed by atoms with E-state index in [0.29, 0.717) is 0 Å². The van der Waals surface area contributed by atoms with E-state index in [1.165, 1.54) is 44.2 Å². The predicted molar refractivity (Wildman–Crippen MR) is 146 cm³/mol. The average molecular weight is 465 g/mol. The Labute approximate surface area is 212 Å². The first kappa shape index (κ1) is 21.9. The van der Waals surface area contributed by atoms with Crippen LogP contribution in [0.2, 0.25) is 0 Å². The maximum absolute atomic E-state index is 2.27. The highest BCUT2D eigenvalue weighted by Crippen LogP contribution is 2.35. The molecule has 0 atom stereocenters. The highest BCUT2D eigenvalue weighted by molar-refractivity contribution is 6.06. The van der Waals surface area contributed by atoms with Crippen molar-refractivity contribution in [1.29, 1.82) is 0 Å². The van der Waals surface area contributed by atoms with Crippen molar-refractivity contribution in [3.05, 3.63) is 157 Å². The summed E-state index contributed by atoms with van der Waals surface area (Å²) in [4.78, 5) is 0. The number of pyridine rings is 2. The number of aromatic nitrogens is 2. The van der Waals surface area contributed by atoms with Crippen LogP contribution in [-0.4, -0.2) is 0 Å². The zero-order valence-corrected chi connectivity index (χ0v) is 20.2. The largest absolute Gasteiger partial charge is 0.200 e. The Morgan fingerprint density at radius 3 is 1.36 bits per heavy atom. The molecule has 0 unspecified atom stereocenters. The minimum atomic E-state index is 0.852. The fourth-order valence-electron chi connectivity index (χ4n) is 4.97. The molecule has 2 heteroatoms. The summed E-state index contributed by atoms with van der Waals surface area (Å²) in [5.41, 5.74) is 7.54. The fourth-order valence-corrected chi connectivity index (χ4v) is 4.97. The molecule has 0 saturated carbocycles. The smallest absolute Gasteiger partial charge is 0.176 e. The zero-order valence-electron chi connectivity index (χ0n) is 20.2. The molecule has 2 heterocycles. The highest BCUT2D eigenvalue weighted by Gasteiger charge is 2.15. The van der Waals surface area contributed by atoms with Gasteiger partial charge in [-0.25, -0.2) is 9.13 Å². The minimum absolute atomic E-state index is 0.852. The summed E-state index contributed by atoms with van der Waals surface area (Å²) >= 11 is 0. The molecule has 6 aromatic rings. The Morgan fingerprint density at radius 2 is 0.889 bits per heavy atom. The summed E-state index contributed by atoms with van der Waals surface area (Å²) in [6.45, 7) is 1.70. The first-order valence-electron chi connectivity index (χ1n) is 12.4. The van der Waals surface area contributed by atoms with Crippen molar-refractivity contribution in [3.8, 4) is 22.3 Å². The van der Waals surface area contributed by atoms with Crippen LogP contribution in [0.4, 0.5) is 0 Å². The van der Waals surface area contributed by atoms with E-state index in [1.54, 1.807) is 0 Å². The predicted octanol–water partition coefficient (Wildman–Crippen LogP) is 6.85. The molecule has 172 valence electrons. The fraction of sp³-hybridized carbons (Fsp3) is 0.0588. The second kappa shape index (κ2) is 9.97. The van der Waals surface area contributed by atoms with Crippen LogP contribution in [0.1, 0.15) is 11.1 Å². The number of hydrogen-bond acceptors (Lipinski definition) is 0. The van der Waals surface area contributed by atoms with Gasteiger partial charge in [-0.2, -0.15) is 0 Å². The van der Waals surface area contributed by atoms with E-state index in [1.807, 2.05) is 0 Å². The van der Waals surface area contributed by atoms with Crippen molar-refractivity contribution < 1.29 is 9.13 Å². The molecule has 0 fully saturated rings. The van der Waals surface area contributed by atoms with Crippen molar-refractivity contribution in [2.45, 2.75) is 13.1 Å². The third-order valence-electron chi connectivity index (χ3n) is 6.66. The molecule has 6 rings (SSSR count). The lowest BCUT2D eigenvalue weighted by atomic mass is 9.92. The molecule has 2 nitrogen and oxygen atoms in total. The van der Waals surface area contributed by atoms with Gasteiger partial charge >= 0.3 is 0 Å². The Hall–Kier alpha value is -4.56. The van der Waals surface area contributed by atoms with E-state index in [-0.39, 0.29) is 0 Å². The summed E-state index contributed by atoms with van der Waals surface area (Å²) < 4.78 is 4.53. The zero-order chi connectivity index (χ0) is 24.2. The molecule has 2 aromatic heterocycles. The van der Waals surface area contributed by atoms with Crippen LogP contribution in [0.5, 0.6) is 0 Å². The first-order valence-corrected chi connectivity index (χ1v) is 12.4. The van der Waals surface area contributed by atoms with Gasteiger partial charge in [0, 0.05) is 34.4 Å². The summed E-state index contributed by atoms with van der Waals surface area (Å²) in [7, 11) is 0. The van der Waals surface area contributed by atoms with Crippen LogP contribution in [0, 0.1) is 0 Å². The van der Waals surface area contributed by atoms with E-state index in [2.05, 4.69) is 155 Å². The first-order chi connectivity index (χ1) is 17.8.